The summed E-state index contributed by atoms with van der Waals surface area (Å²) in [6.45, 7) is 4.30. The zero-order valence-electron chi connectivity index (χ0n) is 21.6. The van der Waals surface area contributed by atoms with E-state index in [0.29, 0.717) is 44.0 Å². The Morgan fingerprint density at radius 2 is 1.92 bits per heavy atom. The summed E-state index contributed by atoms with van der Waals surface area (Å²) in [4.78, 5) is 14.8. The van der Waals surface area contributed by atoms with Gasteiger partial charge in [-0.15, -0.1) is 0 Å². The molecule has 0 spiro atoms. The molecule has 7 nitrogen and oxygen atoms in total. The fourth-order valence-electron chi connectivity index (χ4n) is 4.97. The molecule has 3 rings (SSSR count). The van der Waals surface area contributed by atoms with Crippen molar-refractivity contribution in [3.8, 4) is 11.5 Å². The lowest BCUT2D eigenvalue weighted by atomic mass is 9.73. The Balaban J connectivity index is 1.89. The monoisotopic (exact) mass is 501 g/mol. The lowest BCUT2D eigenvalue weighted by Crippen LogP contribution is -2.53. The molecule has 198 valence electrons. The summed E-state index contributed by atoms with van der Waals surface area (Å²) in [5, 5.41) is 18.4. The number of urea groups is 1. The first-order valence-electron chi connectivity index (χ1n) is 12.8. The van der Waals surface area contributed by atoms with Crippen LogP contribution in [0.3, 0.4) is 0 Å². The van der Waals surface area contributed by atoms with Crippen molar-refractivity contribution in [1.29, 1.82) is 0 Å². The first kappa shape index (κ1) is 27.9. The van der Waals surface area contributed by atoms with Crippen LogP contribution in [0.15, 0.2) is 48.5 Å². The van der Waals surface area contributed by atoms with Crippen LogP contribution >= 0.6 is 0 Å². The van der Waals surface area contributed by atoms with Crippen molar-refractivity contribution in [2.75, 3.05) is 40.4 Å². The number of halogens is 1. The molecule has 8 heteroatoms. The van der Waals surface area contributed by atoms with Gasteiger partial charge in [-0.25, -0.2) is 9.18 Å². The maximum absolute atomic E-state index is 14.4. The van der Waals surface area contributed by atoms with E-state index in [4.69, 9.17) is 9.47 Å². The van der Waals surface area contributed by atoms with Crippen LogP contribution in [-0.2, 0) is 10.3 Å². The van der Waals surface area contributed by atoms with Gasteiger partial charge < -0.3 is 30.1 Å². The molecule has 1 aliphatic heterocycles. The van der Waals surface area contributed by atoms with Crippen LogP contribution in [-0.4, -0.2) is 62.5 Å². The van der Waals surface area contributed by atoms with Gasteiger partial charge in [0.2, 0.25) is 0 Å². The van der Waals surface area contributed by atoms with E-state index in [1.54, 1.807) is 36.3 Å². The molecule has 0 bridgehead atoms. The molecule has 1 saturated heterocycles. The maximum Gasteiger partial charge on any atom is 0.317 e. The number of nitrogens with one attached hydrogen (secondary N) is 2. The number of likely N-dealkylation sites (N-methyl/N-ethyl adjacent to an activating group) is 1. The third kappa shape index (κ3) is 7.18. The number of amides is 2. The van der Waals surface area contributed by atoms with E-state index < -0.39 is 11.4 Å². The van der Waals surface area contributed by atoms with Crippen LogP contribution in [0.2, 0.25) is 0 Å². The van der Waals surface area contributed by atoms with Gasteiger partial charge in [0, 0.05) is 50.9 Å². The van der Waals surface area contributed by atoms with Gasteiger partial charge in [0.15, 0.2) is 11.6 Å². The number of benzene rings is 2. The summed E-state index contributed by atoms with van der Waals surface area (Å²) in [7, 11) is 3.51. The summed E-state index contributed by atoms with van der Waals surface area (Å²) in [5.41, 5.74) is -0.646. The van der Waals surface area contributed by atoms with Crippen LogP contribution in [0.25, 0.3) is 0 Å². The molecule has 0 aliphatic carbocycles. The van der Waals surface area contributed by atoms with Crippen LogP contribution in [0.4, 0.5) is 9.18 Å². The van der Waals surface area contributed by atoms with Gasteiger partial charge in [0.25, 0.3) is 0 Å². The number of rotatable bonds is 12. The fourth-order valence-corrected chi connectivity index (χ4v) is 4.97. The summed E-state index contributed by atoms with van der Waals surface area (Å²) in [6.07, 6.45) is 3.57. The molecule has 3 unspecified atom stereocenters. The minimum atomic E-state index is -1.26. The Hall–Kier alpha value is -2.68. The molecular weight excluding hydrogens is 461 g/mol. The number of para-hydroxylation sites is 2. The minimum Gasteiger partial charge on any atom is -0.454 e. The van der Waals surface area contributed by atoms with E-state index in [1.165, 1.54) is 6.07 Å². The quantitative estimate of drug-likeness (QED) is 0.369. The number of unbranched alkanes of at least 4 members (excludes halogenated alkanes) is 1. The predicted octanol–water partition coefficient (Wildman–Crippen LogP) is 4.65. The third-order valence-electron chi connectivity index (χ3n) is 6.83. The fraction of sp³-hybridized carbons (Fsp3) is 0.536. The number of ether oxygens (including phenoxy) is 2. The van der Waals surface area contributed by atoms with Crippen molar-refractivity contribution in [3.05, 3.63) is 59.9 Å². The second kappa shape index (κ2) is 13.6. The average Bonchev–Trinajstić information content (AvgIpc) is 2.88. The Labute approximate surface area is 214 Å². The van der Waals surface area contributed by atoms with Gasteiger partial charge in [-0.05, 0) is 64.3 Å². The van der Waals surface area contributed by atoms with Gasteiger partial charge in [-0.3, -0.25) is 0 Å². The Morgan fingerprint density at radius 3 is 2.64 bits per heavy atom. The largest absolute Gasteiger partial charge is 0.454 e. The molecule has 2 amide bonds. The molecule has 2 aromatic carbocycles. The molecule has 0 radical (unpaired) electrons. The molecule has 2 aromatic rings. The Morgan fingerprint density at radius 1 is 1.19 bits per heavy atom. The van der Waals surface area contributed by atoms with Crippen molar-refractivity contribution >= 4 is 6.03 Å². The second-order valence-corrected chi connectivity index (χ2v) is 9.60. The van der Waals surface area contributed by atoms with Crippen molar-refractivity contribution in [2.45, 2.75) is 50.7 Å². The van der Waals surface area contributed by atoms with Crippen LogP contribution in [0, 0.1) is 11.7 Å². The standard InChI is InChI=1S/C28H40FN3O4/c1-21(19-30-2)31-27(33)32-17-10-11-22(20-32)28(34,16-8-9-18-35-3)23-12-4-6-14-25(23)36-26-15-7-5-13-24(26)29/h4-7,12-15,21-22,30,34H,8-11,16-20H2,1-3H3,(H,31,33). The molecular formula is C28H40FN3O4. The van der Waals surface area contributed by atoms with E-state index in [-0.39, 0.29) is 23.7 Å². The van der Waals surface area contributed by atoms with E-state index in [1.807, 2.05) is 32.2 Å². The van der Waals surface area contributed by atoms with Crippen LogP contribution < -0.4 is 15.4 Å². The molecule has 3 atom stereocenters. The van der Waals surface area contributed by atoms with Gasteiger partial charge in [-0.1, -0.05) is 30.3 Å². The lowest BCUT2D eigenvalue weighted by molar-refractivity contribution is -0.0575. The highest BCUT2D eigenvalue weighted by Gasteiger charge is 2.43. The third-order valence-corrected chi connectivity index (χ3v) is 6.83. The molecule has 36 heavy (non-hydrogen) atoms. The van der Waals surface area contributed by atoms with Crippen molar-refractivity contribution in [2.24, 2.45) is 5.92 Å². The Kier molecular flexibility index (Phi) is 10.5. The number of carbonyl (C=O) groups excluding carboxylic acids is 1. The van der Waals surface area contributed by atoms with Crippen molar-refractivity contribution < 1.29 is 23.8 Å². The molecule has 3 N–H and O–H groups in total. The Bertz CT molecular complexity index is 975. The second-order valence-electron chi connectivity index (χ2n) is 9.60. The van der Waals surface area contributed by atoms with Crippen molar-refractivity contribution in [1.82, 2.24) is 15.5 Å². The zero-order valence-corrected chi connectivity index (χ0v) is 21.6. The number of likely N-dealkylation sites (tertiary alicyclic amines) is 1. The maximum atomic E-state index is 14.4. The molecule has 0 aromatic heterocycles. The summed E-state index contributed by atoms with van der Waals surface area (Å²) in [6, 6.07) is 13.4. The summed E-state index contributed by atoms with van der Waals surface area (Å²) >= 11 is 0. The lowest BCUT2D eigenvalue weighted by Gasteiger charge is -2.43. The molecule has 1 heterocycles. The number of hydrogen-bond donors (Lipinski definition) is 3. The molecule has 0 saturated carbocycles. The van der Waals surface area contributed by atoms with Gasteiger partial charge >= 0.3 is 6.03 Å². The smallest absolute Gasteiger partial charge is 0.317 e. The average molecular weight is 502 g/mol. The van der Waals surface area contributed by atoms with Gasteiger partial charge in [0.05, 0.1) is 5.60 Å². The van der Waals surface area contributed by atoms with Gasteiger partial charge in [-0.2, -0.15) is 0 Å². The first-order chi connectivity index (χ1) is 17.4. The number of carbonyl (C=O) groups is 1. The number of aliphatic hydroxyl groups is 1. The number of methoxy groups -OCH3 is 1. The van der Waals surface area contributed by atoms with E-state index >= 15 is 0 Å². The highest BCUT2D eigenvalue weighted by Crippen LogP contribution is 2.44. The highest BCUT2D eigenvalue weighted by molar-refractivity contribution is 5.74. The van der Waals surface area contributed by atoms with Gasteiger partial charge in [0.1, 0.15) is 5.75 Å². The van der Waals surface area contributed by atoms with Crippen LogP contribution in [0.5, 0.6) is 11.5 Å². The summed E-state index contributed by atoms with van der Waals surface area (Å²) < 4.78 is 25.6. The topological polar surface area (TPSA) is 83.1 Å². The number of hydrogen-bond acceptors (Lipinski definition) is 5. The van der Waals surface area contributed by atoms with Crippen molar-refractivity contribution in [3.63, 3.8) is 0 Å². The first-order valence-corrected chi connectivity index (χ1v) is 12.8. The zero-order chi connectivity index (χ0) is 26.0. The van der Waals surface area contributed by atoms with E-state index in [2.05, 4.69) is 10.6 Å². The minimum absolute atomic E-state index is 0.00861. The SMILES string of the molecule is CNCC(C)NC(=O)N1CCCC(C(O)(CCCCOC)c2ccccc2Oc2ccccc2F)C1. The predicted molar refractivity (Wildman–Crippen MR) is 139 cm³/mol. The summed E-state index contributed by atoms with van der Waals surface area (Å²) in [5.74, 6) is -0.146. The van der Waals surface area contributed by atoms with Crippen LogP contribution in [0.1, 0.15) is 44.6 Å². The normalized spacial score (nSPS) is 18.4. The number of piperidine rings is 1. The number of nitrogens with zero attached hydrogens (tertiary/aromatic N) is 1. The van der Waals surface area contributed by atoms with E-state index in [0.717, 1.165) is 25.7 Å². The molecule has 1 aliphatic rings. The highest BCUT2D eigenvalue weighted by atomic mass is 19.1. The molecule has 1 fully saturated rings. The van der Waals surface area contributed by atoms with E-state index in [9.17, 15) is 14.3 Å².